The second kappa shape index (κ2) is 49.2. The predicted octanol–water partition coefficient (Wildman–Crippen LogP) is 16.4. The van der Waals surface area contributed by atoms with E-state index in [0.29, 0.717) is 19.3 Å². The van der Waals surface area contributed by atoms with Crippen LogP contribution in [0.1, 0.15) is 226 Å². The molecule has 0 saturated carbocycles. The Morgan fingerprint density at radius 2 is 0.639 bits per heavy atom. The summed E-state index contributed by atoms with van der Waals surface area (Å²) in [6, 6.07) is 0. The molecule has 0 fully saturated rings. The first-order chi connectivity index (χ1) is 30.0. The molecule has 0 aromatic rings. The Labute approximate surface area is 375 Å². The number of carbonyl (C=O) groups excluding carboxylic acids is 3. The normalized spacial score (nSPS) is 12.8. The van der Waals surface area contributed by atoms with E-state index >= 15 is 0 Å². The molecule has 0 aliphatic carbocycles. The van der Waals surface area contributed by atoms with Crippen LogP contribution < -0.4 is 0 Å². The SMILES string of the molecule is CC/C=C\C/C=C\C/C=C\C/C=C\CCCCC(=O)OC(COC(=O)CCCCCCCCC/C=C\C/C=C\C/C=C\CC)COC(=O)CCCCCCCCCCCCC. The van der Waals surface area contributed by atoms with Crippen LogP contribution in [0.2, 0.25) is 0 Å². The highest BCUT2D eigenvalue weighted by molar-refractivity contribution is 5.71. The number of esters is 3. The molecular formula is C55H92O6. The molecule has 6 nitrogen and oxygen atoms in total. The third-order valence-electron chi connectivity index (χ3n) is 10.4. The van der Waals surface area contributed by atoms with Gasteiger partial charge in [0, 0.05) is 19.3 Å². The Morgan fingerprint density at radius 3 is 1.03 bits per heavy atom. The van der Waals surface area contributed by atoms with Gasteiger partial charge < -0.3 is 14.2 Å². The summed E-state index contributed by atoms with van der Waals surface area (Å²) in [4.78, 5) is 37.9. The van der Waals surface area contributed by atoms with Gasteiger partial charge >= 0.3 is 17.9 Å². The maximum Gasteiger partial charge on any atom is 0.306 e. The van der Waals surface area contributed by atoms with Gasteiger partial charge in [0.2, 0.25) is 0 Å². The largest absolute Gasteiger partial charge is 0.462 e. The van der Waals surface area contributed by atoms with Gasteiger partial charge in [0.1, 0.15) is 13.2 Å². The fourth-order valence-corrected chi connectivity index (χ4v) is 6.68. The van der Waals surface area contributed by atoms with Crippen LogP contribution >= 0.6 is 0 Å². The Kier molecular flexibility index (Phi) is 46.5. The molecular weight excluding hydrogens is 757 g/mol. The first-order valence-corrected chi connectivity index (χ1v) is 25.1. The predicted molar refractivity (Wildman–Crippen MR) is 261 cm³/mol. The molecule has 0 bridgehead atoms. The van der Waals surface area contributed by atoms with Gasteiger partial charge in [-0.2, -0.15) is 0 Å². The Morgan fingerprint density at radius 1 is 0.344 bits per heavy atom. The molecule has 6 heteroatoms. The molecule has 0 aliphatic rings. The van der Waals surface area contributed by atoms with E-state index in [1.54, 1.807) is 0 Å². The molecule has 0 N–H and O–H groups in total. The quantitative estimate of drug-likeness (QED) is 0.0263. The number of hydrogen-bond acceptors (Lipinski definition) is 6. The maximum absolute atomic E-state index is 12.8. The minimum Gasteiger partial charge on any atom is -0.462 e. The van der Waals surface area contributed by atoms with Crippen LogP contribution in [0.4, 0.5) is 0 Å². The van der Waals surface area contributed by atoms with Gasteiger partial charge in [-0.3, -0.25) is 14.4 Å². The van der Waals surface area contributed by atoms with Crippen LogP contribution in [-0.2, 0) is 28.6 Å². The summed E-state index contributed by atoms with van der Waals surface area (Å²) < 4.78 is 16.7. The number of rotatable bonds is 44. The van der Waals surface area contributed by atoms with E-state index < -0.39 is 6.10 Å². The zero-order valence-electron chi connectivity index (χ0n) is 39.7. The highest BCUT2D eigenvalue weighted by Crippen LogP contribution is 2.14. The molecule has 1 atom stereocenters. The molecule has 0 aliphatic heterocycles. The van der Waals surface area contributed by atoms with E-state index in [9.17, 15) is 14.4 Å². The second-order valence-electron chi connectivity index (χ2n) is 16.3. The second-order valence-corrected chi connectivity index (χ2v) is 16.3. The summed E-state index contributed by atoms with van der Waals surface area (Å²) >= 11 is 0. The van der Waals surface area contributed by atoms with Crippen LogP contribution in [0.25, 0.3) is 0 Å². The third kappa shape index (κ3) is 47.5. The van der Waals surface area contributed by atoms with Crippen molar-refractivity contribution in [2.75, 3.05) is 13.2 Å². The lowest BCUT2D eigenvalue weighted by molar-refractivity contribution is -0.167. The first-order valence-electron chi connectivity index (χ1n) is 25.1. The summed E-state index contributed by atoms with van der Waals surface area (Å²) in [5.41, 5.74) is 0. The summed E-state index contributed by atoms with van der Waals surface area (Å²) in [6.45, 7) is 6.35. The van der Waals surface area contributed by atoms with Crippen molar-refractivity contribution in [2.24, 2.45) is 0 Å². The Hall–Kier alpha value is -3.41. The molecule has 0 rings (SSSR count). The van der Waals surface area contributed by atoms with Gasteiger partial charge in [-0.25, -0.2) is 0 Å². The summed E-state index contributed by atoms with van der Waals surface area (Å²) in [5.74, 6) is -0.950. The van der Waals surface area contributed by atoms with Crippen molar-refractivity contribution >= 4 is 17.9 Å². The van der Waals surface area contributed by atoms with E-state index in [-0.39, 0.29) is 37.5 Å². The van der Waals surface area contributed by atoms with Gasteiger partial charge in [0.25, 0.3) is 0 Å². The fourth-order valence-electron chi connectivity index (χ4n) is 6.68. The van der Waals surface area contributed by atoms with E-state index in [0.717, 1.165) is 103 Å². The standard InChI is InChI=1S/C55H92O6/c1-4-7-10-13-16-19-22-24-26-27-29-30-33-36-39-42-45-48-54(57)60-51-52(50-59-53(56)47-44-41-38-35-32-21-18-15-12-9-6-3)61-55(58)49-46-43-40-37-34-31-28-25-23-20-17-14-11-8-5-2/h7-8,10-11,16-17,19-20,24-26,28,34,37,52H,4-6,9,12-15,18,21-23,27,29-33,35-36,38-51H2,1-3H3/b10-7-,11-8-,19-16-,20-17-,26-24-,28-25-,37-34-. The van der Waals surface area contributed by atoms with Gasteiger partial charge in [-0.1, -0.05) is 202 Å². The van der Waals surface area contributed by atoms with Crippen molar-refractivity contribution in [2.45, 2.75) is 232 Å². The number of carbonyl (C=O) groups is 3. The maximum atomic E-state index is 12.8. The highest BCUT2D eigenvalue weighted by Gasteiger charge is 2.19. The van der Waals surface area contributed by atoms with Crippen molar-refractivity contribution in [3.63, 3.8) is 0 Å². The molecule has 1 unspecified atom stereocenters. The first kappa shape index (κ1) is 57.6. The lowest BCUT2D eigenvalue weighted by atomic mass is 10.1. The molecule has 0 radical (unpaired) electrons. The Balaban J connectivity index is 4.45. The summed E-state index contributed by atoms with van der Waals surface area (Å²) in [6.07, 6.45) is 62.8. The van der Waals surface area contributed by atoms with Gasteiger partial charge in [-0.15, -0.1) is 0 Å². The van der Waals surface area contributed by atoms with Crippen molar-refractivity contribution in [3.8, 4) is 0 Å². The van der Waals surface area contributed by atoms with Gasteiger partial charge in [-0.05, 0) is 89.9 Å². The molecule has 0 aromatic heterocycles. The zero-order valence-corrected chi connectivity index (χ0v) is 39.7. The fraction of sp³-hybridized carbons (Fsp3) is 0.691. The number of ether oxygens (including phenoxy) is 3. The van der Waals surface area contributed by atoms with Crippen molar-refractivity contribution in [1.82, 2.24) is 0 Å². The molecule has 0 heterocycles. The van der Waals surface area contributed by atoms with Crippen molar-refractivity contribution in [3.05, 3.63) is 85.1 Å². The third-order valence-corrected chi connectivity index (χ3v) is 10.4. The number of allylic oxidation sites excluding steroid dienone is 14. The summed E-state index contributed by atoms with van der Waals surface area (Å²) in [5, 5.41) is 0. The van der Waals surface area contributed by atoms with E-state index in [1.165, 1.54) is 77.0 Å². The van der Waals surface area contributed by atoms with Crippen LogP contribution in [-0.4, -0.2) is 37.2 Å². The summed E-state index contributed by atoms with van der Waals surface area (Å²) in [7, 11) is 0. The average Bonchev–Trinajstić information content (AvgIpc) is 3.26. The van der Waals surface area contributed by atoms with Crippen LogP contribution in [0.5, 0.6) is 0 Å². The number of hydrogen-bond donors (Lipinski definition) is 0. The average molecular weight is 849 g/mol. The topological polar surface area (TPSA) is 78.9 Å². The molecule has 348 valence electrons. The van der Waals surface area contributed by atoms with Gasteiger partial charge in [0.05, 0.1) is 0 Å². The zero-order chi connectivity index (χ0) is 44.4. The molecule has 0 amide bonds. The van der Waals surface area contributed by atoms with Gasteiger partial charge in [0.15, 0.2) is 6.10 Å². The minimum atomic E-state index is -0.800. The lowest BCUT2D eigenvalue weighted by Crippen LogP contribution is -2.30. The highest BCUT2D eigenvalue weighted by atomic mass is 16.6. The van der Waals surface area contributed by atoms with E-state index in [2.05, 4.69) is 106 Å². The van der Waals surface area contributed by atoms with E-state index in [4.69, 9.17) is 14.2 Å². The van der Waals surface area contributed by atoms with Crippen LogP contribution in [0.15, 0.2) is 85.1 Å². The monoisotopic (exact) mass is 849 g/mol. The van der Waals surface area contributed by atoms with Crippen LogP contribution in [0.3, 0.4) is 0 Å². The molecule has 0 aromatic carbocycles. The molecule has 61 heavy (non-hydrogen) atoms. The van der Waals surface area contributed by atoms with E-state index in [1.807, 2.05) is 0 Å². The minimum absolute atomic E-state index is 0.0956. The van der Waals surface area contributed by atoms with Crippen molar-refractivity contribution in [1.29, 1.82) is 0 Å². The smallest absolute Gasteiger partial charge is 0.306 e. The van der Waals surface area contributed by atoms with Crippen LogP contribution in [0, 0.1) is 0 Å². The molecule has 0 saturated heterocycles. The van der Waals surface area contributed by atoms with Crippen molar-refractivity contribution < 1.29 is 28.6 Å². The molecule has 0 spiro atoms. The number of unbranched alkanes of at least 4 members (excludes halogenated alkanes) is 19. The Bertz CT molecular complexity index is 1200. The lowest BCUT2D eigenvalue weighted by Gasteiger charge is -2.18.